The largest absolute Gasteiger partial charge is 0.387 e. The number of rotatable bonds is 6. The zero-order valence-corrected chi connectivity index (χ0v) is 18.0. The molecule has 0 fully saturated rings. The van der Waals surface area contributed by atoms with Crippen LogP contribution in [0.3, 0.4) is 0 Å². The molecular formula is C26H19ClN2O3. The minimum atomic E-state index is -0.414. The number of nitro benzene ring substituents is 1. The van der Waals surface area contributed by atoms with Gasteiger partial charge >= 0.3 is 0 Å². The lowest BCUT2D eigenvalue weighted by molar-refractivity contribution is -0.383. The highest BCUT2D eigenvalue weighted by Gasteiger charge is 2.31. The average molecular weight is 443 g/mol. The number of nitro groups is 1. The van der Waals surface area contributed by atoms with Crippen molar-refractivity contribution in [3.8, 4) is 22.3 Å². The quantitative estimate of drug-likeness (QED) is 0.201. The molecule has 0 amide bonds. The molecule has 6 heteroatoms. The van der Waals surface area contributed by atoms with Gasteiger partial charge in [-0.05, 0) is 41.5 Å². The third-order valence-electron chi connectivity index (χ3n) is 5.23. The van der Waals surface area contributed by atoms with Crippen LogP contribution < -0.4 is 5.32 Å². The van der Waals surface area contributed by atoms with Gasteiger partial charge in [-0.2, -0.15) is 0 Å². The number of benzene rings is 4. The van der Waals surface area contributed by atoms with Crippen molar-refractivity contribution < 1.29 is 9.72 Å². The Kier molecular flexibility index (Phi) is 6.01. The molecule has 4 rings (SSSR count). The van der Waals surface area contributed by atoms with Gasteiger partial charge in [0, 0.05) is 23.3 Å². The SMILES string of the molecule is CNc1cc(-c2ccccc2)c([N+](=O)[O-])c(-c2ccccc2)c1C(=O)c1ccc(Cl)cc1. The molecule has 0 heterocycles. The second-order valence-electron chi connectivity index (χ2n) is 7.15. The fraction of sp³-hybridized carbons (Fsp3) is 0.0385. The first-order valence-corrected chi connectivity index (χ1v) is 10.3. The minimum absolute atomic E-state index is 0.112. The highest BCUT2D eigenvalue weighted by Crippen LogP contribution is 2.45. The Morgan fingerprint density at radius 1 is 0.875 bits per heavy atom. The van der Waals surface area contributed by atoms with Gasteiger partial charge in [-0.3, -0.25) is 14.9 Å². The molecule has 0 aliphatic rings. The zero-order chi connectivity index (χ0) is 22.7. The van der Waals surface area contributed by atoms with Gasteiger partial charge in [0.2, 0.25) is 0 Å². The predicted molar refractivity (Wildman–Crippen MR) is 128 cm³/mol. The van der Waals surface area contributed by atoms with Gasteiger partial charge in [-0.15, -0.1) is 0 Å². The summed E-state index contributed by atoms with van der Waals surface area (Å²) in [7, 11) is 1.70. The number of halogens is 1. The molecule has 4 aromatic carbocycles. The fourth-order valence-electron chi connectivity index (χ4n) is 3.76. The second kappa shape index (κ2) is 9.04. The van der Waals surface area contributed by atoms with Crippen LogP contribution in [0.5, 0.6) is 0 Å². The van der Waals surface area contributed by atoms with E-state index in [0.717, 1.165) is 0 Å². The second-order valence-corrected chi connectivity index (χ2v) is 7.58. The summed E-state index contributed by atoms with van der Waals surface area (Å²) in [6.07, 6.45) is 0. The molecule has 4 aromatic rings. The standard InChI is InChI=1S/C26H19ClN2O3/c1-28-22-16-21(17-8-4-2-5-9-17)25(29(31)32)23(18-10-6-3-7-11-18)24(22)26(30)19-12-14-20(27)15-13-19/h2-16,28H,1H3. The van der Waals surface area contributed by atoms with Crippen molar-refractivity contribution in [1.82, 2.24) is 0 Å². The van der Waals surface area contributed by atoms with Gasteiger partial charge in [0.05, 0.1) is 21.6 Å². The highest BCUT2D eigenvalue weighted by atomic mass is 35.5. The summed E-state index contributed by atoms with van der Waals surface area (Å²) in [6.45, 7) is 0. The Hall–Kier alpha value is -3.96. The Balaban J connectivity index is 2.11. The van der Waals surface area contributed by atoms with Crippen LogP contribution in [0.1, 0.15) is 15.9 Å². The van der Waals surface area contributed by atoms with E-state index in [4.69, 9.17) is 11.6 Å². The first kappa shape index (κ1) is 21.3. The Morgan fingerprint density at radius 2 is 1.44 bits per heavy atom. The van der Waals surface area contributed by atoms with E-state index in [1.807, 2.05) is 36.4 Å². The van der Waals surface area contributed by atoms with E-state index in [1.54, 1.807) is 61.6 Å². The zero-order valence-electron chi connectivity index (χ0n) is 17.2. The van der Waals surface area contributed by atoms with Crippen LogP contribution in [0, 0.1) is 10.1 Å². The molecule has 0 aliphatic carbocycles. The van der Waals surface area contributed by atoms with Crippen LogP contribution in [0.25, 0.3) is 22.3 Å². The fourth-order valence-corrected chi connectivity index (χ4v) is 3.89. The number of hydrogen-bond donors (Lipinski definition) is 1. The van der Waals surface area contributed by atoms with Crippen LogP contribution in [0.4, 0.5) is 11.4 Å². The molecule has 0 bridgehead atoms. The molecule has 0 saturated heterocycles. The smallest absolute Gasteiger partial charge is 0.285 e. The monoisotopic (exact) mass is 442 g/mol. The third kappa shape index (κ3) is 3.98. The number of hydrogen-bond acceptors (Lipinski definition) is 4. The lowest BCUT2D eigenvalue weighted by atomic mass is 9.87. The van der Waals surface area contributed by atoms with E-state index in [0.29, 0.717) is 33.0 Å². The molecule has 0 radical (unpaired) electrons. The van der Waals surface area contributed by atoms with Crippen molar-refractivity contribution in [2.24, 2.45) is 0 Å². The summed E-state index contributed by atoms with van der Waals surface area (Å²) in [6, 6.07) is 26.3. The van der Waals surface area contributed by atoms with Crippen molar-refractivity contribution in [1.29, 1.82) is 0 Å². The number of nitrogens with one attached hydrogen (secondary N) is 1. The average Bonchev–Trinajstić information content (AvgIpc) is 2.83. The number of anilines is 1. The van der Waals surface area contributed by atoms with Crippen LogP contribution in [0.2, 0.25) is 5.02 Å². The van der Waals surface area contributed by atoms with Crippen molar-refractivity contribution in [2.75, 3.05) is 12.4 Å². The third-order valence-corrected chi connectivity index (χ3v) is 5.48. The van der Waals surface area contributed by atoms with E-state index in [1.165, 1.54) is 0 Å². The Labute approximate surface area is 190 Å². The molecule has 5 nitrogen and oxygen atoms in total. The van der Waals surface area contributed by atoms with Crippen molar-refractivity contribution in [3.05, 3.63) is 117 Å². The molecular weight excluding hydrogens is 424 g/mol. The van der Waals surface area contributed by atoms with E-state index >= 15 is 0 Å². The summed E-state index contributed by atoms with van der Waals surface area (Å²) < 4.78 is 0. The molecule has 0 spiro atoms. The van der Waals surface area contributed by atoms with Gasteiger partial charge in [-0.25, -0.2) is 0 Å². The lowest BCUT2D eigenvalue weighted by Gasteiger charge is -2.18. The van der Waals surface area contributed by atoms with Crippen molar-refractivity contribution >= 4 is 28.8 Å². The van der Waals surface area contributed by atoms with E-state index < -0.39 is 4.92 Å². The predicted octanol–water partition coefficient (Wildman–Crippen LogP) is 6.85. The van der Waals surface area contributed by atoms with Crippen LogP contribution in [0.15, 0.2) is 91.0 Å². The highest BCUT2D eigenvalue weighted by molar-refractivity contribution is 6.30. The molecule has 0 saturated carbocycles. The summed E-state index contributed by atoms with van der Waals surface area (Å²) in [4.78, 5) is 25.6. The normalized spacial score (nSPS) is 10.6. The molecule has 0 aromatic heterocycles. The van der Waals surface area contributed by atoms with Crippen LogP contribution in [-0.2, 0) is 0 Å². The molecule has 0 unspecified atom stereocenters. The van der Waals surface area contributed by atoms with Gasteiger partial charge in [-0.1, -0.05) is 72.3 Å². The first-order chi connectivity index (χ1) is 15.5. The number of nitrogens with zero attached hydrogens (tertiary/aromatic N) is 1. The van der Waals surface area contributed by atoms with Crippen LogP contribution in [-0.4, -0.2) is 17.8 Å². The maximum absolute atomic E-state index is 13.6. The van der Waals surface area contributed by atoms with Gasteiger partial charge < -0.3 is 5.32 Å². The van der Waals surface area contributed by atoms with Gasteiger partial charge in [0.15, 0.2) is 5.78 Å². The summed E-state index contributed by atoms with van der Waals surface area (Å²) >= 11 is 5.99. The molecule has 0 aliphatic heterocycles. The summed E-state index contributed by atoms with van der Waals surface area (Å²) in [5.41, 5.74) is 3.03. The van der Waals surface area contributed by atoms with E-state index in [9.17, 15) is 14.9 Å². The molecule has 1 N–H and O–H groups in total. The number of carbonyl (C=O) groups excluding carboxylic acids is 1. The molecule has 32 heavy (non-hydrogen) atoms. The summed E-state index contributed by atoms with van der Waals surface area (Å²) in [5, 5.41) is 16.0. The maximum atomic E-state index is 13.6. The Morgan fingerprint density at radius 3 is 1.97 bits per heavy atom. The van der Waals surface area contributed by atoms with Crippen molar-refractivity contribution in [2.45, 2.75) is 0 Å². The minimum Gasteiger partial charge on any atom is -0.387 e. The van der Waals surface area contributed by atoms with Gasteiger partial charge in [0.1, 0.15) is 0 Å². The number of carbonyl (C=O) groups is 1. The van der Waals surface area contributed by atoms with E-state index in [-0.39, 0.29) is 22.6 Å². The van der Waals surface area contributed by atoms with E-state index in [2.05, 4.69) is 5.32 Å². The first-order valence-electron chi connectivity index (χ1n) is 9.95. The Bertz CT molecular complexity index is 1290. The van der Waals surface area contributed by atoms with Crippen LogP contribution >= 0.6 is 11.6 Å². The van der Waals surface area contributed by atoms with Crippen molar-refractivity contribution in [3.63, 3.8) is 0 Å². The van der Waals surface area contributed by atoms with Gasteiger partial charge in [0.25, 0.3) is 5.69 Å². The molecule has 0 atom stereocenters. The topological polar surface area (TPSA) is 72.2 Å². The lowest BCUT2D eigenvalue weighted by Crippen LogP contribution is -2.11. The maximum Gasteiger partial charge on any atom is 0.285 e. The summed E-state index contributed by atoms with van der Waals surface area (Å²) in [5.74, 6) is -0.326. The number of ketones is 1. The molecule has 158 valence electrons.